The average molecular weight is 385 g/mol. The highest BCUT2D eigenvalue weighted by Crippen LogP contribution is 2.26. The third-order valence-corrected chi connectivity index (χ3v) is 4.27. The first kappa shape index (κ1) is 20.8. The van der Waals surface area contributed by atoms with Crippen molar-refractivity contribution in [3.05, 3.63) is 40.2 Å². The van der Waals surface area contributed by atoms with Gasteiger partial charge in [0.15, 0.2) is 0 Å². The smallest absolute Gasteiger partial charge is 0.477 e. The fourth-order valence-corrected chi connectivity index (χ4v) is 2.97. The summed E-state index contributed by atoms with van der Waals surface area (Å²) in [6, 6.07) is 3.30. The molecule has 0 saturated carbocycles. The Kier molecular flexibility index (Phi) is 6.87. The number of carboxylic acids is 1. The van der Waals surface area contributed by atoms with Gasteiger partial charge in [0.2, 0.25) is 5.43 Å². The first-order chi connectivity index (χ1) is 12.7. The van der Waals surface area contributed by atoms with Crippen molar-refractivity contribution in [2.24, 2.45) is 0 Å². The molecule has 0 radical (unpaired) electrons. The van der Waals surface area contributed by atoms with Crippen molar-refractivity contribution in [3.8, 4) is 5.75 Å². The van der Waals surface area contributed by atoms with Gasteiger partial charge >= 0.3 is 12.3 Å². The summed E-state index contributed by atoms with van der Waals surface area (Å²) >= 11 is 0. The Hall–Kier alpha value is -2.51. The molecule has 0 unspecified atom stereocenters. The maximum Gasteiger partial charge on any atom is 0.573 e. The van der Waals surface area contributed by atoms with Crippen LogP contribution in [0, 0.1) is 0 Å². The number of pyridine rings is 1. The molecule has 8 heteroatoms. The normalized spacial score (nSPS) is 11.7. The summed E-state index contributed by atoms with van der Waals surface area (Å²) in [6.45, 7) is 2.51. The van der Waals surface area contributed by atoms with Crippen molar-refractivity contribution >= 4 is 16.9 Å². The molecule has 0 aliphatic rings. The van der Waals surface area contributed by atoms with Crippen molar-refractivity contribution in [2.75, 3.05) is 0 Å². The molecule has 0 spiro atoms. The number of nitrogens with zero attached hydrogens (tertiary/aromatic N) is 1. The highest BCUT2D eigenvalue weighted by atomic mass is 19.4. The van der Waals surface area contributed by atoms with Gasteiger partial charge in [-0.15, -0.1) is 13.2 Å². The van der Waals surface area contributed by atoms with Crippen LogP contribution in [0.15, 0.2) is 29.2 Å². The molecule has 1 heterocycles. The number of aromatic nitrogens is 1. The predicted molar refractivity (Wildman–Crippen MR) is 95.2 cm³/mol. The molecule has 1 aromatic carbocycles. The number of rotatable bonds is 9. The SMILES string of the molecule is CCCCCCCCn1cc(C(=O)O)c(=O)c2ccc(OC(F)(F)F)cc21. The summed E-state index contributed by atoms with van der Waals surface area (Å²) < 4.78 is 42.9. The Bertz CT molecular complexity index is 858. The average Bonchev–Trinajstić information content (AvgIpc) is 2.58. The molecule has 0 aliphatic carbocycles. The van der Waals surface area contributed by atoms with E-state index in [9.17, 15) is 27.9 Å². The summed E-state index contributed by atoms with van der Waals surface area (Å²) in [5.41, 5.74) is -0.909. The Balaban J connectivity index is 2.35. The number of halogens is 3. The summed E-state index contributed by atoms with van der Waals surface area (Å²) in [5.74, 6) is -1.82. The zero-order valence-corrected chi connectivity index (χ0v) is 15.0. The van der Waals surface area contributed by atoms with E-state index in [0.29, 0.717) is 6.54 Å². The summed E-state index contributed by atoms with van der Waals surface area (Å²) in [6.07, 6.45) is 2.37. The number of fused-ring (bicyclic) bond motifs is 1. The van der Waals surface area contributed by atoms with Gasteiger partial charge in [0, 0.05) is 24.2 Å². The zero-order chi connectivity index (χ0) is 20.0. The molecule has 148 valence electrons. The number of aryl methyl sites for hydroxylation is 1. The van der Waals surface area contributed by atoms with Crippen LogP contribution in [0.4, 0.5) is 13.2 Å². The van der Waals surface area contributed by atoms with E-state index in [1.807, 2.05) is 0 Å². The van der Waals surface area contributed by atoms with Gasteiger partial charge in [0.05, 0.1) is 5.52 Å². The van der Waals surface area contributed by atoms with Crippen LogP contribution in [0.3, 0.4) is 0 Å². The molecular formula is C19H22F3NO4. The number of carbonyl (C=O) groups is 1. The number of benzene rings is 1. The number of alkyl halides is 3. The number of ether oxygens (including phenoxy) is 1. The zero-order valence-electron chi connectivity index (χ0n) is 15.0. The van der Waals surface area contributed by atoms with Crippen molar-refractivity contribution in [3.63, 3.8) is 0 Å². The van der Waals surface area contributed by atoms with Gasteiger partial charge in [-0.2, -0.15) is 0 Å². The van der Waals surface area contributed by atoms with Gasteiger partial charge in [-0.3, -0.25) is 4.79 Å². The van der Waals surface area contributed by atoms with Gasteiger partial charge in [-0.25, -0.2) is 4.79 Å². The maximum atomic E-state index is 12.5. The lowest BCUT2D eigenvalue weighted by Gasteiger charge is -2.14. The van der Waals surface area contributed by atoms with Crippen LogP contribution < -0.4 is 10.2 Å². The Labute approximate surface area is 154 Å². The van der Waals surface area contributed by atoms with E-state index in [1.54, 1.807) is 0 Å². The Morgan fingerprint density at radius 2 is 1.81 bits per heavy atom. The van der Waals surface area contributed by atoms with E-state index < -0.39 is 29.1 Å². The van der Waals surface area contributed by atoms with Gasteiger partial charge in [-0.1, -0.05) is 39.0 Å². The molecule has 1 aromatic heterocycles. The van der Waals surface area contributed by atoms with Gasteiger partial charge < -0.3 is 14.4 Å². The fourth-order valence-electron chi connectivity index (χ4n) is 2.97. The lowest BCUT2D eigenvalue weighted by Crippen LogP contribution is -2.20. The highest BCUT2D eigenvalue weighted by Gasteiger charge is 2.31. The van der Waals surface area contributed by atoms with Crippen LogP contribution in [-0.4, -0.2) is 22.0 Å². The minimum absolute atomic E-state index is 0.0513. The summed E-state index contributed by atoms with van der Waals surface area (Å²) in [4.78, 5) is 23.6. The molecule has 2 rings (SSSR count). The standard InChI is InChI=1S/C19H22F3NO4/c1-2-3-4-5-6-7-10-23-12-15(18(25)26)17(24)14-9-8-13(11-16(14)23)27-19(20,21)22/h8-9,11-12H,2-7,10H2,1H3,(H,25,26). The number of unbranched alkanes of at least 4 members (excludes halogenated alkanes) is 5. The van der Waals surface area contributed by atoms with Crippen molar-refractivity contribution in [1.29, 1.82) is 0 Å². The monoisotopic (exact) mass is 385 g/mol. The Morgan fingerprint density at radius 1 is 1.15 bits per heavy atom. The molecule has 0 bridgehead atoms. The third kappa shape index (κ3) is 5.74. The van der Waals surface area contributed by atoms with Crippen LogP contribution in [0.5, 0.6) is 5.75 Å². The predicted octanol–water partition coefficient (Wildman–Crippen LogP) is 4.96. The van der Waals surface area contributed by atoms with E-state index in [1.165, 1.54) is 16.8 Å². The number of aromatic carboxylic acids is 1. The second kappa shape index (κ2) is 8.92. The third-order valence-electron chi connectivity index (χ3n) is 4.27. The van der Waals surface area contributed by atoms with Gasteiger partial charge in [0.25, 0.3) is 0 Å². The van der Waals surface area contributed by atoms with E-state index in [0.717, 1.165) is 50.7 Å². The lowest BCUT2D eigenvalue weighted by atomic mass is 10.1. The number of carboxylic acid groups (broad SMARTS) is 1. The molecule has 0 amide bonds. The largest absolute Gasteiger partial charge is 0.573 e. The molecule has 0 aliphatic heterocycles. The van der Waals surface area contributed by atoms with Crippen molar-refractivity contribution in [2.45, 2.75) is 58.4 Å². The second-order valence-corrected chi connectivity index (χ2v) is 6.36. The summed E-state index contributed by atoms with van der Waals surface area (Å²) in [5, 5.41) is 9.29. The lowest BCUT2D eigenvalue weighted by molar-refractivity contribution is -0.274. The molecule has 0 fully saturated rings. The quantitative estimate of drug-likeness (QED) is 0.620. The molecule has 5 nitrogen and oxygen atoms in total. The number of hydrogen-bond donors (Lipinski definition) is 1. The van der Waals surface area contributed by atoms with E-state index in [2.05, 4.69) is 11.7 Å². The fraction of sp³-hybridized carbons (Fsp3) is 0.474. The van der Waals surface area contributed by atoms with E-state index in [4.69, 9.17) is 0 Å². The van der Waals surface area contributed by atoms with Crippen molar-refractivity contribution in [1.82, 2.24) is 4.57 Å². The summed E-state index contributed by atoms with van der Waals surface area (Å²) in [7, 11) is 0. The first-order valence-corrected chi connectivity index (χ1v) is 8.89. The van der Waals surface area contributed by atoms with E-state index in [-0.39, 0.29) is 10.9 Å². The molecule has 1 N–H and O–H groups in total. The van der Waals surface area contributed by atoms with Crippen molar-refractivity contribution < 1.29 is 27.8 Å². The van der Waals surface area contributed by atoms with Gasteiger partial charge in [-0.05, 0) is 18.6 Å². The van der Waals surface area contributed by atoms with Crippen LogP contribution in [0.2, 0.25) is 0 Å². The van der Waals surface area contributed by atoms with Crippen LogP contribution in [0.25, 0.3) is 10.9 Å². The van der Waals surface area contributed by atoms with Crippen LogP contribution in [-0.2, 0) is 6.54 Å². The minimum Gasteiger partial charge on any atom is -0.477 e. The van der Waals surface area contributed by atoms with Crippen LogP contribution in [0.1, 0.15) is 55.8 Å². The maximum absolute atomic E-state index is 12.5. The molecule has 0 atom stereocenters. The molecule has 27 heavy (non-hydrogen) atoms. The van der Waals surface area contributed by atoms with E-state index >= 15 is 0 Å². The molecule has 2 aromatic rings. The first-order valence-electron chi connectivity index (χ1n) is 8.89. The second-order valence-electron chi connectivity index (χ2n) is 6.36. The topological polar surface area (TPSA) is 68.5 Å². The minimum atomic E-state index is -4.85. The van der Waals surface area contributed by atoms with Gasteiger partial charge in [0.1, 0.15) is 11.3 Å². The highest BCUT2D eigenvalue weighted by molar-refractivity contribution is 5.92. The molecular weight excluding hydrogens is 363 g/mol. The van der Waals surface area contributed by atoms with Crippen LogP contribution >= 0.6 is 0 Å². The Morgan fingerprint density at radius 3 is 2.44 bits per heavy atom. The molecule has 0 saturated heterocycles. The number of hydrogen-bond acceptors (Lipinski definition) is 3.